The molecular weight excluding hydrogens is 460 g/mol. The summed E-state index contributed by atoms with van der Waals surface area (Å²) >= 11 is 4.01. The lowest BCUT2D eigenvalue weighted by Gasteiger charge is -2.25. The zero-order valence-electron chi connectivity index (χ0n) is 18.4. The Morgan fingerprint density at radius 1 is 0.758 bits per heavy atom. The van der Waals surface area contributed by atoms with E-state index >= 15 is 0 Å². The second-order valence-electron chi connectivity index (χ2n) is 7.81. The molecule has 0 rings (SSSR count). The van der Waals surface area contributed by atoms with Gasteiger partial charge in [0.15, 0.2) is 0 Å². The second-order valence-corrected chi connectivity index (χ2v) is 8.17. The number of carbonyl (C=O) groups excluding carboxylic acids is 3. The molecule has 0 aliphatic carbocycles. The van der Waals surface area contributed by atoms with Gasteiger partial charge in [-0.2, -0.15) is 12.6 Å². The van der Waals surface area contributed by atoms with Crippen molar-refractivity contribution in [2.45, 2.75) is 70.1 Å². The van der Waals surface area contributed by atoms with Crippen molar-refractivity contribution in [2.75, 3.05) is 5.75 Å². The first kappa shape index (κ1) is 30.1. The van der Waals surface area contributed by atoms with Crippen LogP contribution < -0.4 is 21.7 Å². The molecular formula is C19H32N4O9S. The van der Waals surface area contributed by atoms with Gasteiger partial charge in [0, 0.05) is 18.6 Å². The Morgan fingerprint density at radius 2 is 1.21 bits per heavy atom. The number of rotatable bonds is 16. The summed E-state index contributed by atoms with van der Waals surface area (Å²) in [4.78, 5) is 70.1. The number of amides is 3. The van der Waals surface area contributed by atoms with Gasteiger partial charge in [-0.3, -0.25) is 24.0 Å². The van der Waals surface area contributed by atoms with Gasteiger partial charge in [-0.25, -0.2) is 4.79 Å². The lowest BCUT2D eigenvalue weighted by molar-refractivity contribution is -0.143. The van der Waals surface area contributed by atoms with Crippen LogP contribution in [-0.4, -0.2) is 80.9 Å². The molecule has 13 nitrogen and oxygen atoms in total. The highest BCUT2D eigenvalue weighted by atomic mass is 32.1. The van der Waals surface area contributed by atoms with Crippen molar-refractivity contribution in [1.82, 2.24) is 16.0 Å². The van der Waals surface area contributed by atoms with Crippen molar-refractivity contribution in [3.8, 4) is 0 Å². The van der Waals surface area contributed by atoms with Crippen LogP contribution in [0.1, 0.15) is 46.0 Å². The summed E-state index contributed by atoms with van der Waals surface area (Å²) in [5.74, 6) is -6.39. The third-order valence-electron chi connectivity index (χ3n) is 4.42. The van der Waals surface area contributed by atoms with Crippen molar-refractivity contribution in [3.63, 3.8) is 0 Å². The standard InChI is InChI=1S/C19H32N4O9S/c1-9(2)7-12(17(29)21-11(19(31)32)4-6-15(26)27)22-18(30)13(8-33)23-16(28)10(20)3-5-14(24)25/h9-13,33H,3-8,20H2,1-2H3,(H,21,29)(H,22,30)(H,23,28)(H,24,25)(H,26,27)(H,31,32). The van der Waals surface area contributed by atoms with Gasteiger partial charge in [-0.1, -0.05) is 13.8 Å². The van der Waals surface area contributed by atoms with Crippen LogP contribution in [0.4, 0.5) is 0 Å². The Bertz CT molecular complexity index is 732. The molecule has 0 saturated carbocycles. The molecule has 8 N–H and O–H groups in total. The molecule has 0 radical (unpaired) electrons. The van der Waals surface area contributed by atoms with E-state index in [9.17, 15) is 33.9 Å². The van der Waals surface area contributed by atoms with E-state index < -0.39 is 66.2 Å². The Morgan fingerprint density at radius 3 is 1.67 bits per heavy atom. The lowest BCUT2D eigenvalue weighted by atomic mass is 10.0. The molecule has 0 aromatic rings. The summed E-state index contributed by atoms with van der Waals surface area (Å²) in [6.45, 7) is 3.54. The fraction of sp³-hybridized carbons (Fsp3) is 0.684. The van der Waals surface area contributed by atoms with Crippen molar-refractivity contribution in [2.24, 2.45) is 11.7 Å². The predicted molar refractivity (Wildman–Crippen MR) is 118 cm³/mol. The minimum absolute atomic E-state index is 0.0863. The van der Waals surface area contributed by atoms with Gasteiger partial charge in [0.1, 0.15) is 18.1 Å². The number of carboxylic acids is 3. The molecule has 33 heavy (non-hydrogen) atoms. The number of nitrogens with one attached hydrogen (secondary N) is 3. The maximum absolute atomic E-state index is 12.6. The van der Waals surface area contributed by atoms with Crippen LogP contribution in [0.5, 0.6) is 0 Å². The number of nitrogens with two attached hydrogens (primary N) is 1. The molecule has 0 heterocycles. The number of carboxylic acid groups (broad SMARTS) is 3. The topological polar surface area (TPSA) is 225 Å². The zero-order chi connectivity index (χ0) is 25.7. The molecule has 3 amide bonds. The van der Waals surface area contributed by atoms with Crippen LogP contribution in [-0.2, 0) is 28.8 Å². The second kappa shape index (κ2) is 15.1. The lowest BCUT2D eigenvalue weighted by Crippen LogP contribution is -2.57. The maximum Gasteiger partial charge on any atom is 0.326 e. The Kier molecular flexibility index (Phi) is 13.7. The smallest absolute Gasteiger partial charge is 0.326 e. The summed E-state index contributed by atoms with van der Waals surface area (Å²) in [5, 5.41) is 33.7. The van der Waals surface area contributed by atoms with Crippen LogP contribution in [0.3, 0.4) is 0 Å². The van der Waals surface area contributed by atoms with E-state index in [0.717, 1.165) is 0 Å². The number of aliphatic carboxylic acids is 3. The van der Waals surface area contributed by atoms with Crippen LogP contribution >= 0.6 is 12.6 Å². The van der Waals surface area contributed by atoms with E-state index in [2.05, 4.69) is 28.6 Å². The average Bonchev–Trinajstić information content (AvgIpc) is 2.71. The SMILES string of the molecule is CC(C)CC(NC(=O)C(CS)NC(=O)C(N)CCC(=O)O)C(=O)NC(CCC(=O)O)C(=O)O. The summed E-state index contributed by atoms with van der Waals surface area (Å²) in [6.07, 6.45) is -1.17. The molecule has 0 fully saturated rings. The Hall–Kier alpha value is -2.87. The normalized spacial score (nSPS) is 14.5. The van der Waals surface area contributed by atoms with Gasteiger partial charge < -0.3 is 37.0 Å². The molecule has 0 bridgehead atoms. The molecule has 14 heteroatoms. The first-order valence-electron chi connectivity index (χ1n) is 10.2. The summed E-state index contributed by atoms with van der Waals surface area (Å²) < 4.78 is 0. The zero-order valence-corrected chi connectivity index (χ0v) is 19.3. The third kappa shape index (κ3) is 12.7. The average molecular weight is 493 g/mol. The summed E-state index contributed by atoms with van der Waals surface area (Å²) in [5.41, 5.74) is 5.62. The fourth-order valence-corrected chi connectivity index (χ4v) is 2.91. The van der Waals surface area contributed by atoms with E-state index in [1.165, 1.54) is 0 Å². The summed E-state index contributed by atoms with van der Waals surface area (Å²) in [6, 6.07) is -4.99. The van der Waals surface area contributed by atoms with E-state index in [1.807, 2.05) is 0 Å². The fourth-order valence-electron chi connectivity index (χ4n) is 2.66. The number of thiol groups is 1. The molecule has 0 spiro atoms. The van der Waals surface area contributed by atoms with Gasteiger partial charge in [-0.05, 0) is 25.2 Å². The largest absolute Gasteiger partial charge is 0.481 e. The molecule has 0 aromatic carbocycles. The van der Waals surface area contributed by atoms with E-state index in [1.54, 1.807) is 13.8 Å². The number of carbonyl (C=O) groups is 6. The molecule has 0 saturated heterocycles. The van der Waals surface area contributed by atoms with Crippen molar-refractivity contribution < 1.29 is 44.1 Å². The third-order valence-corrected chi connectivity index (χ3v) is 4.79. The van der Waals surface area contributed by atoms with Gasteiger partial charge in [0.25, 0.3) is 0 Å². The molecule has 4 unspecified atom stereocenters. The van der Waals surface area contributed by atoms with Gasteiger partial charge in [0.05, 0.1) is 6.04 Å². The molecule has 188 valence electrons. The maximum atomic E-state index is 12.6. The van der Waals surface area contributed by atoms with Gasteiger partial charge in [-0.15, -0.1) is 0 Å². The highest BCUT2D eigenvalue weighted by molar-refractivity contribution is 7.80. The predicted octanol–water partition coefficient (Wildman–Crippen LogP) is -1.44. The minimum atomic E-state index is -1.47. The van der Waals surface area contributed by atoms with Crippen molar-refractivity contribution in [3.05, 3.63) is 0 Å². The Labute approximate surface area is 196 Å². The highest BCUT2D eigenvalue weighted by Gasteiger charge is 2.30. The monoisotopic (exact) mass is 492 g/mol. The highest BCUT2D eigenvalue weighted by Crippen LogP contribution is 2.08. The minimum Gasteiger partial charge on any atom is -0.481 e. The van der Waals surface area contributed by atoms with Gasteiger partial charge in [0.2, 0.25) is 17.7 Å². The van der Waals surface area contributed by atoms with Crippen LogP contribution in [0, 0.1) is 5.92 Å². The molecule has 0 aliphatic rings. The van der Waals surface area contributed by atoms with Crippen molar-refractivity contribution in [1.29, 1.82) is 0 Å². The molecule has 0 aliphatic heterocycles. The van der Waals surface area contributed by atoms with E-state index in [-0.39, 0.29) is 37.4 Å². The Balaban J connectivity index is 5.24. The first-order valence-corrected chi connectivity index (χ1v) is 10.9. The summed E-state index contributed by atoms with van der Waals surface area (Å²) in [7, 11) is 0. The molecule has 4 atom stereocenters. The first-order chi connectivity index (χ1) is 15.3. The van der Waals surface area contributed by atoms with Crippen molar-refractivity contribution >= 4 is 48.3 Å². The van der Waals surface area contributed by atoms with Gasteiger partial charge >= 0.3 is 17.9 Å². The number of hydrogen-bond acceptors (Lipinski definition) is 8. The van der Waals surface area contributed by atoms with Crippen LogP contribution in [0.25, 0.3) is 0 Å². The molecule has 0 aromatic heterocycles. The quantitative estimate of drug-likeness (QED) is 0.117. The number of hydrogen-bond donors (Lipinski definition) is 8. The van der Waals surface area contributed by atoms with E-state index in [4.69, 9.17) is 15.9 Å². The van der Waals surface area contributed by atoms with E-state index in [0.29, 0.717) is 0 Å². The van der Waals surface area contributed by atoms with Crippen LogP contribution in [0.15, 0.2) is 0 Å². The van der Waals surface area contributed by atoms with Crippen LogP contribution in [0.2, 0.25) is 0 Å².